The zero-order chi connectivity index (χ0) is 28.6. The molecule has 5 aromatic rings. The van der Waals surface area contributed by atoms with Gasteiger partial charge in [-0.05, 0) is 77.4 Å². The van der Waals surface area contributed by atoms with Crippen LogP contribution in [0.3, 0.4) is 0 Å². The smallest absolute Gasteiger partial charge is 0.273 e. The van der Waals surface area contributed by atoms with Gasteiger partial charge in [-0.2, -0.15) is 5.10 Å². The number of rotatable bonds is 8. The summed E-state index contributed by atoms with van der Waals surface area (Å²) in [5, 5.41) is 8.29. The molecule has 1 atom stereocenters. The molecule has 4 aromatic carbocycles. The van der Waals surface area contributed by atoms with E-state index in [9.17, 15) is 4.79 Å². The van der Waals surface area contributed by atoms with Crippen LogP contribution in [0.5, 0.6) is 23.0 Å². The van der Waals surface area contributed by atoms with Gasteiger partial charge in [-0.15, -0.1) is 0 Å². The van der Waals surface area contributed by atoms with Crippen molar-refractivity contribution < 1.29 is 23.7 Å². The number of hydrogen-bond donors (Lipinski definition) is 1. The third kappa shape index (κ3) is 4.80. The first-order valence-corrected chi connectivity index (χ1v) is 13.8. The predicted octanol–water partition coefficient (Wildman–Crippen LogP) is 6.79. The first-order valence-electron chi connectivity index (χ1n) is 13.5. The molecule has 9 heteroatoms. The molecule has 0 spiro atoms. The maximum Gasteiger partial charge on any atom is 0.273 e. The Bertz CT molecular complexity index is 1750. The van der Waals surface area contributed by atoms with Crippen molar-refractivity contribution in [3.05, 3.63) is 124 Å². The van der Waals surface area contributed by atoms with E-state index in [4.69, 9.17) is 30.5 Å². The number of H-pyrrole nitrogens is 1. The molecule has 1 aromatic heterocycles. The van der Waals surface area contributed by atoms with Gasteiger partial charge in [0.2, 0.25) is 6.79 Å². The van der Waals surface area contributed by atoms with E-state index >= 15 is 0 Å². The van der Waals surface area contributed by atoms with Crippen LogP contribution in [-0.4, -0.2) is 34.9 Å². The Labute approximate surface area is 247 Å². The molecule has 0 radical (unpaired) electrons. The number of nitrogens with one attached hydrogen (secondary N) is 1. The Kier molecular flexibility index (Phi) is 6.68. The second-order valence-corrected chi connectivity index (χ2v) is 10.5. The molecule has 0 fully saturated rings. The number of methoxy groups -OCH3 is 1. The molecule has 2 aliphatic rings. The zero-order valence-corrected chi connectivity index (χ0v) is 23.4. The number of amides is 1. The van der Waals surface area contributed by atoms with Gasteiger partial charge in [0, 0.05) is 22.7 Å². The van der Waals surface area contributed by atoms with Crippen LogP contribution in [0.1, 0.15) is 38.8 Å². The standard InChI is InChI=1S/C33H26ClN3O5/c1-39-25-11-5-22(6-12-25)30-29-31(36-35-30)33(38)37(17-21-4-15-27-28(16-21)42-19-41-27)32(29)23-7-13-26(14-8-23)40-18-20-2-9-24(34)10-3-20/h2-16,32H,17-19H2,1H3,(H,35,36). The van der Waals surface area contributed by atoms with Crippen molar-refractivity contribution in [2.24, 2.45) is 0 Å². The van der Waals surface area contributed by atoms with Gasteiger partial charge < -0.3 is 23.8 Å². The second kappa shape index (κ2) is 10.8. The van der Waals surface area contributed by atoms with E-state index in [0.717, 1.165) is 45.0 Å². The van der Waals surface area contributed by atoms with Crippen molar-refractivity contribution >= 4 is 17.5 Å². The average Bonchev–Trinajstić information content (AvgIpc) is 3.74. The number of hydrogen-bond acceptors (Lipinski definition) is 6. The first kappa shape index (κ1) is 26.0. The summed E-state index contributed by atoms with van der Waals surface area (Å²) >= 11 is 6.00. The molecule has 3 heterocycles. The zero-order valence-electron chi connectivity index (χ0n) is 22.7. The van der Waals surface area contributed by atoms with Crippen LogP contribution in [0.4, 0.5) is 0 Å². The van der Waals surface area contributed by atoms with Gasteiger partial charge in [-0.25, -0.2) is 0 Å². The van der Waals surface area contributed by atoms with Crippen molar-refractivity contribution in [2.45, 2.75) is 19.2 Å². The quantitative estimate of drug-likeness (QED) is 0.218. The molecule has 0 bridgehead atoms. The monoisotopic (exact) mass is 579 g/mol. The van der Waals surface area contributed by atoms with Crippen LogP contribution in [0, 0.1) is 0 Å². The molecular weight excluding hydrogens is 554 g/mol. The third-order valence-electron chi connectivity index (χ3n) is 7.53. The van der Waals surface area contributed by atoms with Crippen molar-refractivity contribution in [1.29, 1.82) is 0 Å². The van der Waals surface area contributed by atoms with E-state index in [1.807, 2.05) is 95.9 Å². The Hall–Kier alpha value is -4.95. The molecule has 7 rings (SSSR count). The van der Waals surface area contributed by atoms with E-state index in [0.29, 0.717) is 35.4 Å². The highest BCUT2D eigenvalue weighted by Gasteiger charge is 2.42. The Morgan fingerprint density at radius 1 is 0.905 bits per heavy atom. The number of ether oxygens (including phenoxy) is 4. The fourth-order valence-electron chi connectivity index (χ4n) is 5.40. The SMILES string of the molecule is COc1ccc(-c2n[nH]c3c2C(c2ccc(OCc4ccc(Cl)cc4)cc2)N(Cc2ccc4c(c2)OCO4)C3=O)cc1. The van der Waals surface area contributed by atoms with E-state index in [-0.39, 0.29) is 18.7 Å². The summed E-state index contributed by atoms with van der Waals surface area (Å²) in [6, 6.07) is 28.5. The lowest BCUT2D eigenvalue weighted by Gasteiger charge is -2.27. The van der Waals surface area contributed by atoms with Crippen LogP contribution in [0.2, 0.25) is 5.02 Å². The number of carbonyl (C=O) groups is 1. The molecule has 2 aliphatic heterocycles. The van der Waals surface area contributed by atoms with Crippen LogP contribution in [0.25, 0.3) is 11.3 Å². The minimum atomic E-state index is -0.376. The summed E-state index contributed by atoms with van der Waals surface area (Å²) in [7, 11) is 1.63. The van der Waals surface area contributed by atoms with Crippen molar-refractivity contribution in [1.82, 2.24) is 15.1 Å². The van der Waals surface area contributed by atoms with Crippen molar-refractivity contribution in [2.75, 3.05) is 13.9 Å². The minimum Gasteiger partial charge on any atom is -0.497 e. The second-order valence-electron chi connectivity index (χ2n) is 10.1. The molecule has 210 valence electrons. The highest BCUT2D eigenvalue weighted by atomic mass is 35.5. The fourth-order valence-corrected chi connectivity index (χ4v) is 5.53. The van der Waals surface area contributed by atoms with Gasteiger partial charge in [-0.1, -0.05) is 41.9 Å². The van der Waals surface area contributed by atoms with Crippen LogP contribution in [0.15, 0.2) is 91.0 Å². The van der Waals surface area contributed by atoms with Gasteiger partial charge in [-0.3, -0.25) is 9.89 Å². The Morgan fingerprint density at radius 2 is 1.62 bits per heavy atom. The summed E-state index contributed by atoms with van der Waals surface area (Å²) in [5.41, 5.74) is 5.82. The Balaban J connectivity index is 1.23. The highest BCUT2D eigenvalue weighted by molar-refractivity contribution is 6.30. The van der Waals surface area contributed by atoms with Crippen LogP contribution < -0.4 is 18.9 Å². The normalized spacial score (nSPS) is 15.1. The Morgan fingerprint density at radius 3 is 2.38 bits per heavy atom. The predicted molar refractivity (Wildman–Crippen MR) is 157 cm³/mol. The maximum atomic E-state index is 13.9. The molecule has 42 heavy (non-hydrogen) atoms. The lowest BCUT2D eigenvalue weighted by Crippen LogP contribution is -2.29. The van der Waals surface area contributed by atoms with Crippen molar-refractivity contribution in [3.8, 4) is 34.3 Å². The molecule has 1 unspecified atom stereocenters. The third-order valence-corrected chi connectivity index (χ3v) is 7.78. The van der Waals surface area contributed by atoms with Crippen molar-refractivity contribution in [3.63, 3.8) is 0 Å². The van der Waals surface area contributed by atoms with E-state index in [1.165, 1.54) is 0 Å². The number of carbonyl (C=O) groups excluding carboxylic acids is 1. The summed E-state index contributed by atoms with van der Waals surface area (Å²) in [5.74, 6) is 2.73. The minimum absolute atomic E-state index is 0.122. The summed E-state index contributed by atoms with van der Waals surface area (Å²) < 4.78 is 22.4. The highest BCUT2D eigenvalue weighted by Crippen LogP contribution is 2.44. The van der Waals surface area contributed by atoms with Crippen LogP contribution in [-0.2, 0) is 13.2 Å². The summed E-state index contributed by atoms with van der Waals surface area (Å²) in [6.07, 6.45) is 0. The van der Waals surface area contributed by atoms with Gasteiger partial charge >= 0.3 is 0 Å². The van der Waals surface area contributed by atoms with Gasteiger partial charge in [0.05, 0.1) is 18.8 Å². The molecule has 0 aliphatic carbocycles. The van der Waals surface area contributed by atoms with E-state index in [1.54, 1.807) is 7.11 Å². The fraction of sp³-hybridized carbons (Fsp3) is 0.152. The molecule has 0 saturated heterocycles. The number of fused-ring (bicyclic) bond motifs is 2. The average molecular weight is 580 g/mol. The number of aromatic nitrogens is 2. The molecular formula is C33H26ClN3O5. The molecule has 8 nitrogen and oxygen atoms in total. The molecule has 1 N–H and O–H groups in total. The lowest BCUT2D eigenvalue weighted by molar-refractivity contribution is 0.0730. The largest absolute Gasteiger partial charge is 0.497 e. The van der Waals surface area contributed by atoms with Gasteiger partial charge in [0.15, 0.2) is 11.5 Å². The summed E-state index contributed by atoms with van der Waals surface area (Å²) in [6.45, 7) is 0.986. The van der Waals surface area contributed by atoms with E-state index in [2.05, 4.69) is 10.2 Å². The van der Waals surface area contributed by atoms with Gasteiger partial charge in [0.1, 0.15) is 23.8 Å². The number of nitrogens with zero attached hydrogens (tertiary/aromatic N) is 2. The first-order chi connectivity index (χ1) is 20.6. The molecule has 1 amide bonds. The number of benzene rings is 4. The van der Waals surface area contributed by atoms with Crippen LogP contribution >= 0.6 is 11.6 Å². The summed E-state index contributed by atoms with van der Waals surface area (Å²) in [4.78, 5) is 15.7. The molecule has 0 saturated carbocycles. The van der Waals surface area contributed by atoms with Gasteiger partial charge in [0.25, 0.3) is 5.91 Å². The number of halogens is 1. The van der Waals surface area contributed by atoms with E-state index < -0.39 is 0 Å². The topological polar surface area (TPSA) is 85.9 Å². The number of aromatic amines is 1. The lowest BCUT2D eigenvalue weighted by atomic mass is 9.95. The maximum absolute atomic E-state index is 13.9.